The van der Waals surface area contributed by atoms with E-state index in [9.17, 15) is 44.6 Å². The smallest absolute Gasteiger partial charge is 0.504 e. The highest BCUT2D eigenvalue weighted by Gasteiger charge is 2.80. The molecule has 4 unspecified atom stereocenters. The number of hydrogen-bond donors (Lipinski definition) is 3. The number of nitrogens with zero attached hydrogens (tertiary/aromatic N) is 1. The Hall–Kier alpha value is -4.68. The Bertz CT molecular complexity index is 1830. The Kier molecular flexibility index (Phi) is 9.80. The summed E-state index contributed by atoms with van der Waals surface area (Å²) in [5, 5.41) is 41.5. The highest BCUT2D eigenvalue weighted by Crippen LogP contribution is 2.72. The molecule has 6 rings (SSSR count). The number of carbonyl (C=O) groups excluding carboxylic acids is 4. The van der Waals surface area contributed by atoms with Gasteiger partial charge in [0.2, 0.25) is 11.5 Å². The second kappa shape index (κ2) is 13.6. The molecule has 0 amide bonds. The fraction of sp³-hybridized carbons (Fsp3) is 0.611. The number of ketones is 2. The molecule has 1 aliphatic heterocycles. The SMILES string of the molecule is CC1(C)OC2CC3C4C[C@H](F)C5=CC(=O)C=C[C@]5(C)[C@@]4(F)[C@@H](O)CC3(C)[C@]2(C(=O)COC(=O)Oc2cc(C(=O)OCCCCO[N+](=O)[O-])cc(O)c2O)O1. The molecule has 16 nitrogen and oxygen atoms in total. The first-order valence-corrected chi connectivity index (χ1v) is 17.4. The molecule has 0 spiro atoms. The highest BCUT2D eigenvalue weighted by molar-refractivity contribution is 6.01. The van der Waals surface area contributed by atoms with E-state index in [1.165, 1.54) is 13.0 Å². The van der Waals surface area contributed by atoms with E-state index < -0.39 is 111 Å². The maximum Gasteiger partial charge on any atom is 0.514 e. The first-order valence-electron chi connectivity index (χ1n) is 17.4. The molecule has 0 bridgehead atoms. The van der Waals surface area contributed by atoms with Crippen molar-refractivity contribution in [3.8, 4) is 17.2 Å². The number of Topliss-reactive ketones (excluding diaryl/α,β-unsaturated/α-hetero) is 1. The van der Waals surface area contributed by atoms with Crippen molar-refractivity contribution in [2.75, 3.05) is 19.8 Å². The minimum absolute atomic E-state index is 0.0341. The van der Waals surface area contributed by atoms with Crippen LogP contribution in [-0.4, -0.2) is 99.4 Å². The number of unbranched alkanes of at least 4 members (excludes halogenated alkanes) is 1. The first-order chi connectivity index (χ1) is 25.2. The number of rotatable bonds is 11. The van der Waals surface area contributed by atoms with Crippen LogP contribution in [0.15, 0.2) is 35.9 Å². The molecule has 4 fully saturated rings. The van der Waals surface area contributed by atoms with Crippen LogP contribution >= 0.6 is 0 Å². The molecule has 3 saturated carbocycles. The van der Waals surface area contributed by atoms with E-state index in [4.69, 9.17) is 23.7 Å². The van der Waals surface area contributed by atoms with E-state index in [2.05, 4.69) is 4.84 Å². The molecule has 0 radical (unpaired) electrons. The molecule has 0 aromatic heterocycles. The largest absolute Gasteiger partial charge is 0.514 e. The number of allylic oxidation sites excluding steroid dienone is 4. The minimum atomic E-state index is -2.43. The second-order valence-corrected chi connectivity index (χ2v) is 15.2. The van der Waals surface area contributed by atoms with Crippen molar-refractivity contribution in [1.82, 2.24) is 0 Å². The molecule has 3 N–H and O–H groups in total. The average Bonchev–Trinajstić information content (AvgIpc) is 3.50. The third kappa shape index (κ3) is 6.07. The quantitative estimate of drug-likeness (QED) is 0.0718. The molecule has 4 aliphatic carbocycles. The zero-order chi connectivity index (χ0) is 39.6. The van der Waals surface area contributed by atoms with Gasteiger partial charge in [-0.25, -0.2) is 18.4 Å². The normalized spacial score (nSPS) is 35.8. The van der Waals surface area contributed by atoms with Crippen LogP contribution in [0.4, 0.5) is 13.6 Å². The number of carbonyl (C=O) groups is 4. The van der Waals surface area contributed by atoms with Crippen LogP contribution in [0.5, 0.6) is 17.2 Å². The monoisotopic (exact) mass is 765 g/mol. The summed E-state index contributed by atoms with van der Waals surface area (Å²) in [5.41, 5.74) is -7.77. The van der Waals surface area contributed by atoms with Crippen molar-refractivity contribution in [1.29, 1.82) is 0 Å². The number of alkyl halides is 2. The summed E-state index contributed by atoms with van der Waals surface area (Å²) in [6, 6.07) is 1.71. The van der Waals surface area contributed by atoms with E-state index in [-0.39, 0.29) is 56.5 Å². The van der Waals surface area contributed by atoms with Crippen LogP contribution in [0.2, 0.25) is 0 Å². The molecule has 54 heavy (non-hydrogen) atoms. The van der Waals surface area contributed by atoms with Gasteiger partial charge >= 0.3 is 12.1 Å². The third-order valence-corrected chi connectivity index (χ3v) is 11.8. The van der Waals surface area contributed by atoms with Crippen molar-refractivity contribution in [2.24, 2.45) is 22.7 Å². The number of phenols is 2. The first kappa shape index (κ1) is 39.0. The van der Waals surface area contributed by atoms with Crippen LogP contribution in [-0.2, 0) is 33.4 Å². The topological polar surface area (TPSA) is 227 Å². The highest BCUT2D eigenvalue weighted by atomic mass is 19.1. The molecule has 294 valence electrons. The summed E-state index contributed by atoms with van der Waals surface area (Å²) in [6.45, 7) is 4.82. The number of halogens is 2. The molecule has 1 saturated heterocycles. The number of hydrogen-bond acceptors (Lipinski definition) is 15. The number of aromatic hydroxyl groups is 2. The van der Waals surface area contributed by atoms with Gasteiger partial charge in [0.05, 0.1) is 31.0 Å². The van der Waals surface area contributed by atoms with Gasteiger partial charge in [0, 0.05) is 16.7 Å². The Labute approximate surface area is 307 Å². The third-order valence-electron chi connectivity index (χ3n) is 11.8. The summed E-state index contributed by atoms with van der Waals surface area (Å²) < 4.78 is 61.3. The van der Waals surface area contributed by atoms with Gasteiger partial charge in [-0.2, -0.15) is 0 Å². The fourth-order valence-corrected chi connectivity index (χ4v) is 9.53. The van der Waals surface area contributed by atoms with Gasteiger partial charge in [-0.1, -0.05) is 13.0 Å². The molecule has 9 atom stereocenters. The Morgan fingerprint density at radius 2 is 1.76 bits per heavy atom. The van der Waals surface area contributed by atoms with Crippen LogP contribution in [0, 0.1) is 32.8 Å². The molecule has 1 heterocycles. The summed E-state index contributed by atoms with van der Waals surface area (Å²) in [4.78, 5) is 66.3. The zero-order valence-corrected chi connectivity index (χ0v) is 29.9. The van der Waals surface area contributed by atoms with Crippen molar-refractivity contribution in [3.05, 3.63) is 51.6 Å². The van der Waals surface area contributed by atoms with E-state index in [0.29, 0.717) is 0 Å². The standard InChI is InChI=1S/C36H41F2NO15/c1-32(2)53-28-15-20-21-14-23(37)22-13-19(40)7-8-33(22,3)35(21,38)26(42)16-34(20,4)36(28,54-32)27(43)17-50-31(46)52-25-12-18(11-24(41)29(25)44)30(45)49-9-5-6-10-51-39(47)48/h7-8,11-13,20-21,23,26,28,41-42,44H,5-6,9-10,14-17H2,1-4H3/t20?,21?,23-,26-,28?,33-,34?,35-,36+/m0/s1. The lowest BCUT2D eigenvalue weighted by atomic mass is 9.44. The molecular weight excluding hydrogens is 724 g/mol. The van der Waals surface area contributed by atoms with Gasteiger partial charge in [-0.05, 0) is 88.7 Å². The Morgan fingerprint density at radius 3 is 2.46 bits per heavy atom. The van der Waals surface area contributed by atoms with Crippen LogP contribution < -0.4 is 4.74 Å². The molecule has 1 aromatic rings. The van der Waals surface area contributed by atoms with E-state index >= 15 is 8.78 Å². The number of aliphatic hydroxyl groups is 1. The molecule has 5 aliphatic rings. The lowest BCUT2D eigenvalue weighted by Crippen LogP contribution is -2.71. The maximum absolute atomic E-state index is 17.7. The fourth-order valence-electron chi connectivity index (χ4n) is 9.53. The Balaban J connectivity index is 1.18. The van der Waals surface area contributed by atoms with Gasteiger partial charge in [0.15, 0.2) is 40.9 Å². The zero-order valence-electron chi connectivity index (χ0n) is 29.9. The van der Waals surface area contributed by atoms with E-state index in [1.54, 1.807) is 20.8 Å². The second-order valence-electron chi connectivity index (χ2n) is 15.2. The summed E-state index contributed by atoms with van der Waals surface area (Å²) in [5.74, 6) is -8.11. The van der Waals surface area contributed by atoms with Gasteiger partial charge in [-0.15, -0.1) is 10.1 Å². The number of benzene rings is 1. The summed E-state index contributed by atoms with van der Waals surface area (Å²) in [7, 11) is 0. The maximum atomic E-state index is 17.7. The van der Waals surface area contributed by atoms with Crippen molar-refractivity contribution >= 4 is 23.7 Å². The number of fused-ring (bicyclic) bond motifs is 7. The number of aliphatic hydroxyl groups excluding tert-OH is 1. The molecule has 18 heteroatoms. The average molecular weight is 766 g/mol. The number of ether oxygens (including phenoxy) is 5. The van der Waals surface area contributed by atoms with Crippen LogP contribution in [0.3, 0.4) is 0 Å². The van der Waals surface area contributed by atoms with Gasteiger partial charge < -0.3 is 43.8 Å². The minimum Gasteiger partial charge on any atom is -0.504 e. The number of esters is 1. The summed E-state index contributed by atoms with van der Waals surface area (Å²) in [6.07, 6.45) is -2.77. The van der Waals surface area contributed by atoms with Crippen molar-refractivity contribution < 1.29 is 76.9 Å². The molecular formula is C36H41F2NO15. The van der Waals surface area contributed by atoms with Crippen molar-refractivity contribution in [2.45, 2.75) is 95.2 Å². The van der Waals surface area contributed by atoms with Crippen LogP contribution in [0.25, 0.3) is 0 Å². The van der Waals surface area contributed by atoms with Crippen LogP contribution in [0.1, 0.15) is 70.2 Å². The Morgan fingerprint density at radius 1 is 1.06 bits per heavy atom. The lowest BCUT2D eigenvalue weighted by Gasteiger charge is -2.63. The van der Waals surface area contributed by atoms with E-state index in [0.717, 1.165) is 24.3 Å². The van der Waals surface area contributed by atoms with Crippen molar-refractivity contribution in [3.63, 3.8) is 0 Å². The lowest BCUT2D eigenvalue weighted by molar-refractivity contribution is -0.757. The van der Waals surface area contributed by atoms with Gasteiger partial charge in [0.1, 0.15) is 6.17 Å². The number of phenolic OH excluding ortho intramolecular Hbond substituents is 2. The van der Waals surface area contributed by atoms with Gasteiger partial charge in [0.25, 0.3) is 5.09 Å². The predicted molar refractivity (Wildman–Crippen MR) is 176 cm³/mol. The van der Waals surface area contributed by atoms with Gasteiger partial charge in [-0.3, -0.25) is 9.59 Å². The molecule has 1 aromatic carbocycles. The predicted octanol–water partition coefficient (Wildman–Crippen LogP) is 4.15. The summed E-state index contributed by atoms with van der Waals surface area (Å²) >= 11 is 0. The van der Waals surface area contributed by atoms with E-state index in [1.807, 2.05) is 0 Å².